The molecule has 1 aliphatic heterocycles. The molecule has 1 aliphatic rings. The van der Waals surface area contributed by atoms with Crippen molar-refractivity contribution in [2.75, 3.05) is 31.6 Å². The number of hydrogen-bond donors (Lipinski definition) is 0. The zero-order valence-electron chi connectivity index (χ0n) is 14.2. The predicted octanol–water partition coefficient (Wildman–Crippen LogP) is 3.32. The van der Waals surface area contributed by atoms with Crippen LogP contribution in [0, 0.1) is 11.6 Å². The molecule has 3 rings (SSSR count). The van der Waals surface area contributed by atoms with E-state index in [4.69, 9.17) is 4.74 Å². The highest BCUT2D eigenvalue weighted by Gasteiger charge is 2.27. The first-order chi connectivity index (χ1) is 12.0. The number of carbonyl (C=O) groups is 1. The Morgan fingerprint density at radius 2 is 2.04 bits per heavy atom. The first-order valence-corrected chi connectivity index (χ1v) is 8.20. The molecule has 0 spiro atoms. The van der Waals surface area contributed by atoms with Crippen molar-refractivity contribution in [3.63, 3.8) is 0 Å². The fourth-order valence-electron chi connectivity index (χ4n) is 3.03. The molecular weight excluding hydrogens is 326 g/mol. The van der Waals surface area contributed by atoms with Crippen molar-refractivity contribution in [2.24, 2.45) is 0 Å². The molecule has 0 fully saturated rings. The van der Waals surface area contributed by atoms with Gasteiger partial charge in [0, 0.05) is 19.7 Å². The summed E-state index contributed by atoms with van der Waals surface area (Å²) < 4.78 is 32.8. The van der Waals surface area contributed by atoms with Crippen LogP contribution < -0.4 is 9.64 Å². The summed E-state index contributed by atoms with van der Waals surface area (Å²) in [6.45, 7) is 3.82. The van der Waals surface area contributed by atoms with Crippen LogP contribution in [0.1, 0.15) is 17.3 Å². The highest BCUT2D eigenvalue weighted by Crippen LogP contribution is 2.32. The molecule has 0 bridgehead atoms. The Morgan fingerprint density at radius 1 is 1.28 bits per heavy atom. The molecule has 25 heavy (non-hydrogen) atoms. The largest absolute Gasteiger partial charge is 0.485 e. The van der Waals surface area contributed by atoms with Gasteiger partial charge in [0.1, 0.15) is 23.5 Å². The van der Waals surface area contributed by atoms with E-state index in [1.165, 1.54) is 11.0 Å². The third-order valence-electron chi connectivity index (χ3n) is 4.29. The molecule has 0 aliphatic carbocycles. The van der Waals surface area contributed by atoms with Crippen molar-refractivity contribution in [1.29, 1.82) is 0 Å². The standard InChI is InChI=1S/C19H20F2N2O2/c1-3-23-12-14(25-18-7-5-4-6-17(18)23)11-22(2)19(24)15-9-8-13(20)10-16(15)21/h4-10,14H,3,11-12H2,1-2H3/t14-/m1/s1. The number of likely N-dealkylation sites (N-methyl/N-ethyl adjacent to an activating group) is 2. The average molecular weight is 346 g/mol. The van der Waals surface area contributed by atoms with Crippen molar-refractivity contribution in [2.45, 2.75) is 13.0 Å². The third kappa shape index (κ3) is 3.57. The Kier molecular flexibility index (Phi) is 4.88. The van der Waals surface area contributed by atoms with Crippen LogP contribution >= 0.6 is 0 Å². The minimum absolute atomic E-state index is 0.146. The van der Waals surface area contributed by atoms with Gasteiger partial charge in [0.05, 0.1) is 24.3 Å². The van der Waals surface area contributed by atoms with Crippen molar-refractivity contribution in [3.8, 4) is 5.75 Å². The van der Waals surface area contributed by atoms with E-state index < -0.39 is 17.5 Å². The van der Waals surface area contributed by atoms with Crippen molar-refractivity contribution < 1.29 is 18.3 Å². The van der Waals surface area contributed by atoms with Crippen LogP contribution in [0.15, 0.2) is 42.5 Å². The quantitative estimate of drug-likeness (QED) is 0.851. The summed E-state index contributed by atoms with van der Waals surface area (Å²) in [5, 5.41) is 0. The lowest BCUT2D eigenvalue weighted by molar-refractivity contribution is 0.0705. The Labute approximate surface area is 145 Å². The van der Waals surface area contributed by atoms with E-state index in [0.717, 1.165) is 24.0 Å². The Bertz CT molecular complexity index is 782. The van der Waals surface area contributed by atoms with Gasteiger partial charge in [-0.25, -0.2) is 8.78 Å². The maximum atomic E-state index is 13.8. The first-order valence-electron chi connectivity index (χ1n) is 8.20. The Morgan fingerprint density at radius 3 is 2.76 bits per heavy atom. The van der Waals surface area contributed by atoms with Crippen molar-refractivity contribution in [3.05, 3.63) is 59.7 Å². The van der Waals surface area contributed by atoms with Gasteiger partial charge in [-0.05, 0) is 31.2 Å². The molecule has 4 nitrogen and oxygen atoms in total. The number of para-hydroxylation sites is 2. The number of ether oxygens (including phenoxy) is 1. The van der Waals surface area contributed by atoms with Gasteiger partial charge in [0.25, 0.3) is 5.91 Å². The summed E-state index contributed by atoms with van der Waals surface area (Å²) in [7, 11) is 1.59. The summed E-state index contributed by atoms with van der Waals surface area (Å²) in [6.07, 6.45) is -0.229. The second-order valence-electron chi connectivity index (χ2n) is 6.06. The highest BCUT2D eigenvalue weighted by molar-refractivity contribution is 5.94. The van der Waals surface area contributed by atoms with E-state index in [2.05, 4.69) is 11.8 Å². The SMILES string of the molecule is CCN1C[C@@H](CN(C)C(=O)c2ccc(F)cc2F)Oc2ccccc21. The minimum Gasteiger partial charge on any atom is -0.485 e. The number of fused-ring (bicyclic) bond motifs is 1. The molecule has 2 aromatic carbocycles. The molecular formula is C19H20F2N2O2. The van der Waals surface area contributed by atoms with Gasteiger partial charge in [-0.2, -0.15) is 0 Å². The van der Waals surface area contributed by atoms with Crippen LogP contribution in [0.3, 0.4) is 0 Å². The zero-order valence-corrected chi connectivity index (χ0v) is 14.2. The minimum atomic E-state index is -0.859. The van der Waals surface area contributed by atoms with E-state index in [-0.39, 0.29) is 11.7 Å². The number of carbonyl (C=O) groups excluding carboxylic acids is 1. The summed E-state index contributed by atoms with van der Waals surface area (Å²) in [5.74, 6) is -1.29. The smallest absolute Gasteiger partial charge is 0.256 e. The van der Waals surface area contributed by atoms with Gasteiger partial charge in [0.2, 0.25) is 0 Å². The molecule has 132 valence electrons. The molecule has 1 amide bonds. The molecule has 0 saturated carbocycles. The molecule has 0 saturated heterocycles. The number of hydrogen-bond acceptors (Lipinski definition) is 3. The maximum Gasteiger partial charge on any atom is 0.256 e. The number of nitrogens with zero attached hydrogens (tertiary/aromatic N) is 2. The molecule has 0 aromatic heterocycles. The number of benzene rings is 2. The van der Waals surface area contributed by atoms with Gasteiger partial charge in [0.15, 0.2) is 0 Å². The highest BCUT2D eigenvalue weighted by atomic mass is 19.1. The van der Waals surface area contributed by atoms with Gasteiger partial charge >= 0.3 is 0 Å². The molecule has 6 heteroatoms. The van der Waals surface area contributed by atoms with Crippen LogP contribution in [-0.4, -0.2) is 43.6 Å². The number of rotatable bonds is 4. The van der Waals surface area contributed by atoms with E-state index in [1.54, 1.807) is 7.05 Å². The molecule has 0 radical (unpaired) electrons. The summed E-state index contributed by atoms with van der Waals surface area (Å²) in [5.41, 5.74) is 0.882. The third-order valence-corrected chi connectivity index (χ3v) is 4.29. The summed E-state index contributed by atoms with van der Waals surface area (Å²) in [6, 6.07) is 10.7. The Hall–Kier alpha value is -2.63. The lowest BCUT2D eigenvalue weighted by atomic mass is 10.1. The van der Waals surface area contributed by atoms with E-state index in [1.807, 2.05) is 24.3 Å². The Balaban J connectivity index is 1.73. The van der Waals surface area contributed by atoms with Crippen molar-refractivity contribution >= 4 is 11.6 Å². The monoisotopic (exact) mass is 346 g/mol. The lowest BCUT2D eigenvalue weighted by Crippen LogP contribution is -2.46. The normalized spacial score (nSPS) is 16.2. The van der Waals surface area contributed by atoms with Crippen LogP contribution in [0.5, 0.6) is 5.75 Å². The van der Waals surface area contributed by atoms with Gasteiger partial charge in [-0.1, -0.05) is 12.1 Å². The van der Waals surface area contributed by atoms with E-state index in [0.29, 0.717) is 19.2 Å². The molecule has 0 unspecified atom stereocenters. The van der Waals surface area contributed by atoms with Gasteiger partial charge in [-0.15, -0.1) is 0 Å². The van der Waals surface area contributed by atoms with Crippen molar-refractivity contribution in [1.82, 2.24) is 4.90 Å². The van der Waals surface area contributed by atoms with Crippen LogP contribution in [0.4, 0.5) is 14.5 Å². The fourth-order valence-corrected chi connectivity index (χ4v) is 3.03. The first kappa shape index (κ1) is 17.2. The summed E-state index contributed by atoms with van der Waals surface area (Å²) in [4.78, 5) is 16.0. The van der Waals surface area contributed by atoms with Crippen LogP contribution in [0.25, 0.3) is 0 Å². The topological polar surface area (TPSA) is 32.8 Å². The second-order valence-corrected chi connectivity index (χ2v) is 6.06. The number of anilines is 1. The molecule has 1 atom stereocenters. The van der Waals surface area contributed by atoms with E-state index >= 15 is 0 Å². The van der Waals surface area contributed by atoms with Crippen LogP contribution in [-0.2, 0) is 0 Å². The van der Waals surface area contributed by atoms with Gasteiger partial charge < -0.3 is 14.5 Å². The molecule has 2 aromatic rings. The molecule has 1 heterocycles. The molecule has 0 N–H and O–H groups in total. The lowest BCUT2D eigenvalue weighted by Gasteiger charge is -2.37. The number of amides is 1. The number of halogens is 2. The zero-order chi connectivity index (χ0) is 18.0. The maximum absolute atomic E-state index is 13.8. The predicted molar refractivity (Wildman–Crippen MR) is 92.1 cm³/mol. The van der Waals surface area contributed by atoms with E-state index in [9.17, 15) is 13.6 Å². The summed E-state index contributed by atoms with van der Waals surface area (Å²) >= 11 is 0. The van der Waals surface area contributed by atoms with Crippen LogP contribution in [0.2, 0.25) is 0 Å². The fraction of sp³-hybridized carbons (Fsp3) is 0.316. The van der Waals surface area contributed by atoms with Gasteiger partial charge in [-0.3, -0.25) is 4.79 Å². The average Bonchev–Trinajstić information content (AvgIpc) is 2.60. The second kappa shape index (κ2) is 7.09.